The monoisotopic (exact) mass is 247 g/mol. The van der Waals surface area contributed by atoms with Crippen LogP contribution in [0, 0.1) is 0 Å². The van der Waals surface area contributed by atoms with Crippen LogP contribution in [0.5, 0.6) is 17.2 Å². The lowest BCUT2D eigenvalue weighted by molar-refractivity contribution is 0.103. The summed E-state index contributed by atoms with van der Waals surface area (Å²) in [7, 11) is 0. The lowest BCUT2D eigenvalue weighted by atomic mass is 10.0. The number of benzene rings is 1. The Morgan fingerprint density at radius 2 is 1.72 bits per heavy atom. The van der Waals surface area contributed by atoms with Crippen molar-refractivity contribution in [3.05, 3.63) is 51.9 Å². The average Bonchev–Trinajstić information content (AvgIpc) is 2.36. The Hall–Kier alpha value is -2.76. The van der Waals surface area contributed by atoms with Gasteiger partial charge in [-0.1, -0.05) is 0 Å². The summed E-state index contributed by atoms with van der Waals surface area (Å²) in [6.07, 6.45) is 1.37. The number of hydrogen-bond donors (Lipinski definition) is 4. The molecular formula is C12H9NO5. The molecule has 0 spiro atoms. The molecule has 1 heterocycles. The molecule has 0 saturated carbocycles. The van der Waals surface area contributed by atoms with Gasteiger partial charge in [-0.2, -0.15) is 0 Å². The summed E-state index contributed by atoms with van der Waals surface area (Å²) in [6.45, 7) is 0. The van der Waals surface area contributed by atoms with E-state index >= 15 is 0 Å². The SMILES string of the molecule is O=C(c1ccc(O)c(O)c1O)c1ccc[nH]c1=O. The second-order valence-corrected chi connectivity index (χ2v) is 3.57. The van der Waals surface area contributed by atoms with Gasteiger partial charge in [-0.25, -0.2) is 0 Å². The Balaban J connectivity index is 2.58. The minimum absolute atomic E-state index is 0.169. The molecule has 2 aromatic rings. The van der Waals surface area contributed by atoms with Crippen molar-refractivity contribution < 1.29 is 20.1 Å². The first-order valence-corrected chi connectivity index (χ1v) is 4.98. The first-order chi connectivity index (χ1) is 8.52. The number of carbonyl (C=O) groups excluding carboxylic acids is 1. The molecule has 1 aromatic carbocycles. The third-order valence-corrected chi connectivity index (χ3v) is 2.44. The summed E-state index contributed by atoms with van der Waals surface area (Å²) in [6, 6.07) is 4.94. The number of nitrogens with one attached hydrogen (secondary N) is 1. The summed E-state index contributed by atoms with van der Waals surface area (Å²) in [4.78, 5) is 25.7. The lowest BCUT2D eigenvalue weighted by Crippen LogP contribution is -2.17. The second-order valence-electron chi connectivity index (χ2n) is 3.57. The summed E-state index contributed by atoms with van der Waals surface area (Å²) in [5, 5.41) is 28.0. The van der Waals surface area contributed by atoms with E-state index in [1.54, 1.807) is 0 Å². The molecule has 0 aliphatic rings. The fourth-order valence-corrected chi connectivity index (χ4v) is 1.50. The minimum Gasteiger partial charge on any atom is -0.504 e. The third kappa shape index (κ3) is 1.80. The number of rotatable bonds is 2. The first kappa shape index (κ1) is 11.7. The Morgan fingerprint density at radius 1 is 1.00 bits per heavy atom. The lowest BCUT2D eigenvalue weighted by Gasteiger charge is -2.06. The Kier molecular flexibility index (Phi) is 2.77. The van der Waals surface area contributed by atoms with Crippen LogP contribution in [0.3, 0.4) is 0 Å². The Bertz CT molecular complexity index is 674. The van der Waals surface area contributed by atoms with E-state index in [0.717, 1.165) is 12.1 Å². The van der Waals surface area contributed by atoms with Crippen LogP contribution in [0.2, 0.25) is 0 Å². The predicted molar refractivity (Wildman–Crippen MR) is 61.9 cm³/mol. The topological polar surface area (TPSA) is 111 Å². The number of hydrogen-bond acceptors (Lipinski definition) is 5. The molecule has 0 bridgehead atoms. The van der Waals surface area contributed by atoms with Crippen molar-refractivity contribution in [1.29, 1.82) is 0 Å². The zero-order valence-electron chi connectivity index (χ0n) is 9.04. The average molecular weight is 247 g/mol. The number of aromatic hydroxyl groups is 3. The van der Waals surface area contributed by atoms with Gasteiger partial charge in [-0.3, -0.25) is 9.59 Å². The molecule has 6 heteroatoms. The highest BCUT2D eigenvalue weighted by molar-refractivity contribution is 6.11. The number of aromatic amines is 1. The van der Waals surface area contributed by atoms with Gasteiger partial charge in [-0.05, 0) is 24.3 Å². The molecule has 92 valence electrons. The van der Waals surface area contributed by atoms with E-state index < -0.39 is 28.6 Å². The molecule has 0 fully saturated rings. The molecule has 0 aliphatic heterocycles. The number of H-pyrrole nitrogens is 1. The molecule has 0 aliphatic carbocycles. The van der Waals surface area contributed by atoms with Gasteiger partial charge in [0.2, 0.25) is 11.5 Å². The molecule has 18 heavy (non-hydrogen) atoms. The van der Waals surface area contributed by atoms with Crippen LogP contribution in [0.4, 0.5) is 0 Å². The molecule has 4 N–H and O–H groups in total. The molecule has 0 atom stereocenters. The number of phenolic OH excluding ortho intramolecular Hbond substituents is 3. The van der Waals surface area contributed by atoms with Crippen molar-refractivity contribution in [2.45, 2.75) is 0 Å². The number of ketones is 1. The normalized spacial score (nSPS) is 10.2. The van der Waals surface area contributed by atoms with E-state index in [-0.39, 0.29) is 11.1 Å². The van der Waals surface area contributed by atoms with E-state index in [0.29, 0.717) is 0 Å². The van der Waals surface area contributed by atoms with Gasteiger partial charge in [-0.15, -0.1) is 0 Å². The Labute approximate surface area is 101 Å². The largest absolute Gasteiger partial charge is 0.504 e. The maximum absolute atomic E-state index is 12.0. The fourth-order valence-electron chi connectivity index (χ4n) is 1.50. The van der Waals surface area contributed by atoms with Crippen LogP contribution >= 0.6 is 0 Å². The fraction of sp³-hybridized carbons (Fsp3) is 0. The van der Waals surface area contributed by atoms with E-state index in [9.17, 15) is 19.8 Å². The zero-order valence-corrected chi connectivity index (χ0v) is 9.04. The van der Waals surface area contributed by atoms with Gasteiger partial charge in [0.1, 0.15) is 0 Å². The summed E-state index contributed by atoms with van der Waals surface area (Å²) in [5.41, 5.74) is -1.03. The van der Waals surface area contributed by atoms with E-state index in [1.165, 1.54) is 18.3 Å². The van der Waals surface area contributed by atoms with E-state index in [2.05, 4.69) is 4.98 Å². The highest BCUT2D eigenvalue weighted by Crippen LogP contribution is 2.37. The quantitative estimate of drug-likeness (QED) is 0.461. The highest BCUT2D eigenvalue weighted by Gasteiger charge is 2.20. The number of phenols is 3. The van der Waals surface area contributed by atoms with Crippen LogP contribution in [0.15, 0.2) is 35.3 Å². The van der Waals surface area contributed by atoms with Gasteiger partial charge >= 0.3 is 0 Å². The molecule has 0 radical (unpaired) electrons. The van der Waals surface area contributed by atoms with Crippen molar-refractivity contribution in [2.75, 3.05) is 0 Å². The van der Waals surface area contributed by atoms with Crippen molar-refractivity contribution in [1.82, 2.24) is 4.98 Å². The van der Waals surface area contributed by atoms with Crippen LogP contribution < -0.4 is 5.56 Å². The van der Waals surface area contributed by atoms with Gasteiger partial charge in [0.15, 0.2) is 11.5 Å². The van der Waals surface area contributed by atoms with Crippen molar-refractivity contribution in [3.63, 3.8) is 0 Å². The first-order valence-electron chi connectivity index (χ1n) is 4.98. The van der Waals surface area contributed by atoms with Gasteiger partial charge in [0.25, 0.3) is 5.56 Å². The van der Waals surface area contributed by atoms with Crippen LogP contribution in [0.25, 0.3) is 0 Å². The maximum Gasteiger partial charge on any atom is 0.259 e. The molecule has 0 amide bonds. The van der Waals surface area contributed by atoms with Crippen molar-refractivity contribution in [3.8, 4) is 17.2 Å². The van der Waals surface area contributed by atoms with Crippen molar-refractivity contribution >= 4 is 5.78 Å². The molecule has 2 rings (SSSR count). The molecule has 6 nitrogen and oxygen atoms in total. The third-order valence-electron chi connectivity index (χ3n) is 2.44. The van der Waals surface area contributed by atoms with E-state index in [4.69, 9.17) is 5.11 Å². The van der Waals surface area contributed by atoms with Gasteiger partial charge in [0, 0.05) is 6.20 Å². The number of pyridine rings is 1. The van der Waals surface area contributed by atoms with Crippen LogP contribution in [0.1, 0.15) is 15.9 Å². The number of carbonyl (C=O) groups is 1. The maximum atomic E-state index is 12.0. The minimum atomic E-state index is -0.798. The highest BCUT2D eigenvalue weighted by atomic mass is 16.3. The number of aromatic nitrogens is 1. The van der Waals surface area contributed by atoms with Crippen molar-refractivity contribution in [2.24, 2.45) is 0 Å². The van der Waals surface area contributed by atoms with Crippen LogP contribution in [-0.2, 0) is 0 Å². The van der Waals surface area contributed by atoms with Gasteiger partial charge in [0.05, 0.1) is 11.1 Å². The molecule has 1 aromatic heterocycles. The summed E-state index contributed by atoms with van der Waals surface area (Å²) >= 11 is 0. The predicted octanol–water partition coefficient (Wildman–Crippen LogP) is 0.723. The van der Waals surface area contributed by atoms with Crippen LogP contribution in [-0.4, -0.2) is 26.1 Å². The molecule has 0 unspecified atom stereocenters. The smallest absolute Gasteiger partial charge is 0.259 e. The molecule has 0 saturated heterocycles. The Morgan fingerprint density at radius 3 is 2.39 bits per heavy atom. The summed E-state index contributed by atoms with van der Waals surface area (Å²) in [5.74, 6) is -2.85. The standard InChI is InChI=1S/C12H9NO5/c14-8-4-3-6(10(16)11(8)17)9(15)7-2-1-5-13-12(7)18/h1-5,14,16-17H,(H,13,18). The van der Waals surface area contributed by atoms with E-state index in [1.807, 2.05) is 0 Å². The van der Waals surface area contributed by atoms with Gasteiger partial charge < -0.3 is 20.3 Å². The summed E-state index contributed by atoms with van der Waals surface area (Å²) < 4.78 is 0. The zero-order chi connectivity index (χ0) is 13.3. The molecular weight excluding hydrogens is 238 g/mol. The second kappa shape index (κ2) is 4.25.